The van der Waals surface area contributed by atoms with Crippen molar-refractivity contribution in [1.82, 2.24) is 14.8 Å². The summed E-state index contributed by atoms with van der Waals surface area (Å²) in [5.74, 6) is 1.47. The Morgan fingerprint density at radius 3 is 2.86 bits per heavy atom. The number of hydrogen-bond donors (Lipinski definition) is 0. The molecule has 0 saturated carbocycles. The summed E-state index contributed by atoms with van der Waals surface area (Å²) in [6.45, 7) is 5.92. The van der Waals surface area contributed by atoms with Crippen molar-refractivity contribution in [2.75, 3.05) is 33.2 Å². The number of aromatic nitrogens is 1. The van der Waals surface area contributed by atoms with E-state index in [0.29, 0.717) is 23.8 Å². The Morgan fingerprint density at radius 2 is 2.11 bits per heavy atom. The third-order valence-electron chi connectivity index (χ3n) is 6.25. The van der Waals surface area contributed by atoms with Crippen LogP contribution in [-0.2, 0) is 4.79 Å². The van der Waals surface area contributed by atoms with E-state index in [0.717, 1.165) is 55.6 Å². The van der Waals surface area contributed by atoms with Gasteiger partial charge < -0.3 is 9.80 Å². The molecule has 2 aliphatic heterocycles. The van der Waals surface area contributed by atoms with Gasteiger partial charge in [0.15, 0.2) is 0 Å². The van der Waals surface area contributed by atoms with E-state index < -0.39 is 0 Å². The van der Waals surface area contributed by atoms with Crippen molar-refractivity contribution in [3.05, 3.63) is 41.6 Å². The Labute approximate surface area is 167 Å². The van der Waals surface area contributed by atoms with Crippen LogP contribution in [0.2, 0.25) is 0 Å². The van der Waals surface area contributed by atoms with Crippen LogP contribution >= 0.6 is 0 Å². The van der Waals surface area contributed by atoms with Gasteiger partial charge in [-0.05, 0) is 50.4 Å². The fourth-order valence-corrected chi connectivity index (χ4v) is 4.82. The molecule has 146 valence electrons. The van der Waals surface area contributed by atoms with Crippen molar-refractivity contribution in [1.29, 1.82) is 5.26 Å². The number of nitriles is 1. The first-order chi connectivity index (χ1) is 13.5. The van der Waals surface area contributed by atoms with Crippen LogP contribution in [0.1, 0.15) is 43.4 Å². The summed E-state index contributed by atoms with van der Waals surface area (Å²) < 4.78 is 0. The molecule has 3 atom stereocenters. The van der Waals surface area contributed by atoms with E-state index in [1.54, 1.807) is 0 Å². The summed E-state index contributed by atoms with van der Waals surface area (Å²) in [5.41, 5.74) is 2.38. The average Bonchev–Trinajstić information content (AvgIpc) is 3.11. The Balaban J connectivity index is 1.52. The largest absolute Gasteiger partial charge is 0.342 e. The standard InChI is InChI=1S/C23H28N4O/c1-16-10-20(15-27(13-16)22(28)11-17-8-9-26(2)14-17)21-7-6-18-4-3-5-19(12-24)23(18)25-21/h3-7,16-17,20H,8-11,13-15H2,1-2H3/t16-,17?,20+/m1/s1. The number of rotatable bonds is 3. The number of piperidine rings is 1. The maximum Gasteiger partial charge on any atom is 0.222 e. The number of benzene rings is 1. The lowest BCUT2D eigenvalue weighted by Gasteiger charge is -2.37. The molecule has 0 radical (unpaired) electrons. The van der Waals surface area contributed by atoms with Crippen molar-refractivity contribution in [3.63, 3.8) is 0 Å². The molecule has 0 N–H and O–H groups in total. The van der Waals surface area contributed by atoms with Crippen LogP contribution in [0, 0.1) is 23.2 Å². The first-order valence-electron chi connectivity index (χ1n) is 10.3. The Kier molecular flexibility index (Phi) is 5.32. The lowest BCUT2D eigenvalue weighted by atomic mass is 9.87. The second-order valence-corrected chi connectivity index (χ2v) is 8.68. The smallest absolute Gasteiger partial charge is 0.222 e. The van der Waals surface area contributed by atoms with Gasteiger partial charge in [0.05, 0.1) is 11.1 Å². The summed E-state index contributed by atoms with van der Waals surface area (Å²) in [4.78, 5) is 22.1. The minimum Gasteiger partial charge on any atom is -0.342 e. The van der Waals surface area contributed by atoms with Gasteiger partial charge in [0, 0.05) is 43.1 Å². The minimum absolute atomic E-state index is 0.232. The van der Waals surface area contributed by atoms with Crippen LogP contribution in [0.5, 0.6) is 0 Å². The average molecular weight is 377 g/mol. The highest BCUT2D eigenvalue weighted by Gasteiger charge is 2.31. The molecule has 1 aromatic heterocycles. The van der Waals surface area contributed by atoms with E-state index in [-0.39, 0.29) is 11.8 Å². The van der Waals surface area contributed by atoms with Crippen molar-refractivity contribution in [2.24, 2.45) is 11.8 Å². The molecule has 0 bridgehead atoms. The molecule has 0 aliphatic carbocycles. The van der Waals surface area contributed by atoms with Crippen LogP contribution in [0.15, 0.2) is 30.3 Å². The topological polar surface area (TPSA) is 60.2 Å². The van der Waals surface area contributed by atoms with Gasteiger partial charge in [0.25, 0.3) is 0 Å². The minimum atomic E-state index is 0.232. The second-order valence-electron chi connectivity index (χ2n) is 8.68. The van der Waals surface area contributed by atoms with Crippen molar-refractivity contribution >= 4 is 16.8 Å². The van der Waals surface area contributed by atoms with Gasteiger partial charge in [-0.2, -0.15) is 5.26 Å². The van der Waals surface area contributed by atoms with Crippen molar-refractivity contribution in [2.45, 2.75) is 32.1 Å². The zero-order chi connectivity index (χ0) is 19.7. The summed E-state index contributed by atoms with van der Waals surface area (Å²) in [7, 11) is 2.13. The zero-order valence-corrected chi connectivity index (χ0v) is 16.8. The van der Waals surface area contributed by atoms with Gasteiger partial charge >= 0.3 is 0 Å². The van der Waals surface area contributed by atoms with E-state index in [1.807, 2.05) is 18.2 Å². The monoisotopic (exact) mass is 376 g/mol. The molecule has 4 rings (SSSR count). The van der Waals surface area contributed by atoms with Crippen LogP contribution < -0.4 is 0 Å². The lowest BCUT2D eigenvalue weighted by Crippen LogP contribution is -2.43. The quantitative estimate of drug-likeness (QED) is 0.824. The first-order valence-corrected chi connectivity index (χ1v) is 10.3. The van der Waals surface area contributed by atoms with Crippen molar-refractivity contribution < 1.29 is 4.79 Å². The van der Waals surface area contributed by atoms with E-state index in [1.165, 1.54) is 0 Å². The summed E-state index contributed by atoms with van der Waals surface area (Å²) in [6.07, 6.45) is 2.81. The zero-order valence-electron chi connectivity index (χ0n) is 16.8. The molecule has 5 nitrogen and oxygen atoms in total. The predicted molar refractivity (Wildman–Crippen MR) is 110 cm³/mol. The molecule has 28 heavy (non-hydrogen) atoms. The first kappa shape index (κ1) is 18.9. The molecule has 3 heterocycles. The second kappa shape index (κ2) is 7.89. The number of hydrogen-bond acceptors (Lipinski definition) is 4. The number of para-hydroxylation sites is 1. The highest BCUT2D eigenvalue weighted by atomic mass is 16.2. The van der Waals surface area contributed by atoms with Crippen LogP contribution in [0.25, 0.3) is 10.9 Å². The number of pyridine rings is 1. The molecular formula is C23H28N4O. The van der Waals surface area contributed by atoms with Crippen LogP contribution in [0.4, 0.5) is 0 Å². The fraction of sp³-hybridized carbons (Fsp3) is 0.522. The number of nitrogens with zero attached hydrogens (tertiary/aromatic N) is 4. The van der Waals surface area contributed by atoms with Crippen LogP contribution in [-0.4, -0.2) is 53.9 Å². The van der Waals surface area contributed by atoms with E-state index in [2.05, 4.69) is 42.0 Å². The molecular weight excluding hydrogens is 348 g/mol. The van der Waals surface area contributed by atoms with E-state index >= 15 is 0 Å². The normalized spacial score (nSPS) is 25.8. The van der Waals surface area contributed by atoms with Gasteiger partial charge in [0.1, 0.15) is 6.07 Å². The molecule has 1 unspecified atom stereocenters. The summed E-state index contributed by atoms with van der Waals surface area (Å²) >= 11 is 0. The number of likely N-dealkylation sites (tertiary alicyclic amines) is 2. The maximum atomic E-state index is 12.9. The Bertz CT molecular complexity index is 918. The summed E-state index contributed by atoms with van der Waals surface area (Å²) in [6, 6.07) is 12.1. The molecule has 0 spiro atoms. The lowest BCUT2D eigenvalue weighted by molar-refractivity contribution is -0.134. The van der Waals surface area contributed by atoms with Crippen LogP contribution in [0.3, 0.4) is 0 Å². The fourth-order valence-electron chi connectivity index (χ4n) is 4.82. The van der Waals surface area contributed by atoms with Gasteiger partial charge in [-0.3, -0.25) is 9.78 Å². The Hall–Kier alpha value is -2.45. The van der Waals surface area contributed by atoms with Gasteiger partial charge in [-0.25, -0.2) is 0 Å². The molecule has 2 fully saturated rings. The van der Waals surface area contributed by atoms with Gasteiger partial charge in [-0.15, -0.1) is 0 Å². The summed E-state index contributed by atoms with van der Waals surface area (Å²) in [5, 5.41) is 10.4. The van der Waals surface area contributed by atoms with E-state index in [9.17, 15) is 10.1 Å². The molecule has 2 aromatic rings. The van der Waals surface area contributed by atoms with E-state index in [4.69, 9.17) is 4.98 Å². The Morgan fingerprint density at radius 1 is 1.25 bits per heavy atom. The predicted octanol–water partition coefficient (Wildman–Crippen LogP) is 3.40. The molecule has 2 saturated heterocycles. The highest BCUT2D eigenvalue weighted by molar-refractivity contribution is 5.84. The highest BCUT2D eigenvalue weighted by Crippen LogP contribution is 2.31. The number of carbonyl (C=O) groups excluding carboxylic acids is 1. The third kappa shape index (κ3) is 3.88. The molecule has 1 amide bonds. The number of fused-ring (bicyclic) bond motifs is 1. The number of carbonyl (C=O) groups is 1. The maximum absolute atomic E-state index is 12.9. The molecule has 5 heteroatoms. The SMILES string of the molecule is C[C@@H]1C[C@H](c2ccc3cccc(C#N)c3n2)CN(C(=O)CC2CCN(C)C2)C1. The number of amides is 1. The molecule has 1 aromatic carbocycles. The van der Waals surface area contributed by atoms with Crippen molar-refractivity contribution in [3.8, 4) is 6.07 Å². The third-order valence-corrected chi connectivity index (χ3v) is 6.25. The molecule has 2 aliphatic rings. The van der Waals surface area contributed by atoms with Gasteiger partial charge in [-0.1, -0.05) is 25.1 Å². The van der Waals surface area contributed by atoms with Gasteiger partial charge in [0.2, 0.25) is 5.91 Å².